The maximum absolute atomic E-state index is 15.2. The summed E-state index contributed by atoms with van der Waals surface area (Å²) in [5.74, 6) is -1.70. The Kier molecular flexibility index (Phi) is 10.3. The Morgan fingerprint density at radius 2 is 1.51 bits per heavy atom. The van der Waals surface area contributed by atoms with E-state index < -0.39 is 35.4 Å². The second-order valence-electron chi connectivity index (χ2n) is 11.2. The molecule has 5 unspecified atom stereocenters. The van der Waals surface area contributed by atoms with Crippen molar-refractivity contribution >= 4 is 12.0 Å². The van der Waals surface area contributed by atoms with Gasteiger partial charge in [0.1, 0.15) is 11.0 Å². The van der Waals surface area contributed by atoms with Gasteiger partial charge in [0.15, 0.2) is 30.1 Å². The minimum absolute atomic E-state index is 0.131. The quantitative estimate of drug-likeness (QED) is 0.249. The second kappa shape index (κ2) is 13.2. The molecule has 0 amide bonds. The van der Waals surface area contributed by atoms with Gasteiger partial charge in [-0.05, 0) is 73.0 Å². The fourth-order valence-corrected chi connectivity index (χ4v) is 7.16. The molecule has 1 aromatic carbocycles. The third-order valence-electron chi connectivity index (χ3n) is 8.83. The summed E-state index contributed by atoms with van der Waals surface area (Å²) in [5.41, 5.74) is 3.17. The maximum Gasteiger partial charge on any atom is 0.186 e. The molecule has 0 aliphatic heterocycles. The Morgan fingerprint density at radius 1 is 0.892 bits per heavy atom. The van der Waals surface area contributed by atoms with E-state index >= 15 is 8.78 Å². The number of ether oxygens (including phenoxy) is 1. The number of alkyl halides is 2. The van der Waals surface area contributed by atoms with E-state index in [4.69, 9.17) is 4.74 Å². The summed E-state index contributed by atoms with van der Waals surface area (Å²) in [4.78, 5) is 0. The molecule has 0 radical (unpaired) electrons. The third kappa shape index (κ3) is 6.18. The lowest BCUT2D eigenvalue weighted by Gasteiger charge is -2.35. The molecule has 4 rings (SSSR count). The minimum atomic E-state index is -2.42. The number of hydrogen-bond acceptors (Lipinski definition) is 3. The van der Waals surface area contributed by atoms with E-state index in [0.29, 0.717) is 11.7 Å². The Labute approximate surface area is 223 Å². The first-order chi connectivity index (χ1) is 17.9. The van der Waals surface area contributed by atoms with Crippen molar-refractivity contribution in [1.29, 1.82) is 0 Å². The van der Waals surface area contributed by atoms with Gasteiger partial charge in [-0.1, -0.05) is 70.9 Å². The first-order valence-electron chi connectivity index (χ1n) is 14.4. The van der Waals surface area contributed by atoms with Crippen LogP contribution in [0.4, 0.5) is 17.6 Å². The molecular weight excluding hydrogens is 500 g/mol. The van der Waals surface area contributed by atoms with Crippen molar-refractivity contribution in [1.82, 2.24) is 0 Å². The Bertz CT molecular complexity index is 900. The topological polar surface area (TPSA) is 29.5 Å². The first kappa shape index (κ1) is 28.8. The molecule has 0 spiro atoms. The molecule has 0 bridgehead atoms. The predicted octanol–water partition coefficient (Wildman–Crippen LogP) is 10.2. The average Bonchev–Trinajstić information content (AvgIpc) is 2.94. The predicted molar refractivity (Wildman–Crippen MR) is 143 cm³/mol. The van der Waals surface area contributed by atoms with Crippen LogP contribution in [0, 0.1) is 0 Å². The molecule has 3 aliphatic rings. The van der Waals surface area contributed by atoms with E-state index in [-0.39, 0.29) is 23.9 Å². The molecule has 37 heavy (non-hydrogen) atoms. The average molecular weight is 543 g/mol. The Hall–Kier alpha value is -1.21. The van der Waals surface area contributed by atoms with Crippen molar-refractivity contribution in [3.63, 3.8) is 0 Å². The molecule has 0 heterocycles. The highest BCUT2D eigenvalue weighted by atomic mass is 32.2. The maximum atomic E-state index is 15.2. The van der Waals surface area contributed by atoms with Gasteiger partial charge in [0.2, 0.25) is 0 Å². The molecule has 2 nitrogen and oxygen atoms in total. The van der Waals surface area contributed by atoms with Gasteiger partial charge in [0, 0.05) is 12.0 Å². The summed E-state index contributed by atoms with van der Waals surface area (Å²) in [7, 11) is 0. The third-order valence-corrected chi connectivity index (χ3v) is 9.52. The summed E-state index contributed by atoms with van der Waals surface area (Å²) in [6, 6.07) is 4.37. The molecule has 0 aromatic heterocycles. The van der Waals surface area contributed by atoms with Gasteiger partial charge in [-0.2, -0.15) is 0 Å². The molecule has 7 heteroatoms. The van der Waals surface area contributed by atoms with E-state index in [2.05, 4.69) is 26.0 Å². The number of hydrogen-bond donors (Lipinski definition) is 1. The lowest BCUT2D eigenvalue weighted by molar-refractivity contribution is 0.0325. The Balaban J connectivity index is 1.85. The minimum Gasteiger partial charge on any atom is -0.479 e. The zero-order chi connectivity index (χ0) is 26.5. The van der Waals surface area contributed by atoms with Gasteiger partial charge in [-0.3, -0.25) is 0 Å². The van der Waals surface area contributed by atoms with Crippen LogP contribution in [0.3, 0.4) is 0 Å². The highest BCUT2D eigenvalue weighted by Gasteiger charge is 2.49. The van der Waals surface area contributed by atoms with Gasteiger partial charge >= 0.3 is 0 Å². The van der Waals surface area contributed by atoms with Crippen LogP contribution in [0.2, 0.25) is 0 Å². The van der Waals surface area contributed by atoms with E-state index in [1.807, 2.05) is 0 Å². The lowest BCUT2D eigenvalue weighted by atomic mass is 9.76. The standard InChI is InChI=1S/C30H42F4O2S/c1-3-11-18(4-2)22-16-21(19-12-7-5-8-13-19)17-23(20-14-9-6-10-15-20)28(22)36-29-24(31)26(33)30(37-35)27(34)25(29)32/h16-20,24,26,29-30,35H,3-15H2,1-2H3. The number of benzene rings is 1. The second-order valence-corrected chi connectivity index (χ2v) is 12.0. The van der Waals surface area contributed by atoms with E-state index in [0.717, 1.165) is 75.3 Å². The summed E-state index contributed by atoms with van der Waals surface area (Å²) < 4.78 is 75.2. The molecule has 0 saturated heterocycles. The fourth-order valence-electron chi connectivity index (χ4n) is 6.69. The van der Waals surface area contributed by atoms with Crippen molar-refractivity contribution in [3.8, 4) is 5.75 Å². The molecule has 3 aliphatic carbocycles. The normalized spacial score (nSPS) is 28.9. The van der Waals surface area contributed by atoms with Gasteiger partial charge in [0.05, 0.1) is 0 Å². The zero-order valence-corrected chi connectivity index (χ0v) is 23.0. The van der Waals surface area contributed by atoms with Crippen molar-refractivity contribution in [2.24, 2.45) is 0 Å². The lowest BCUT2D eigenvalue weighted by Crippen LogP contribution is -2.46. The van der Waals surface area contributed by atoms with Crippen LogP contribution >= 0.6 is 12.0 Å². The fraction of sp³-hybridized carbons (Fsp3) is 0.733. The molecule has 2 fully saturated rings. The summed E-state index contributed by atoms with van der Waals surface area (Å²) in [6.45, 7) is 4.23. The summed E-state index contributed by atoms with van der Waals surface area (Å²) in [5, 5.41) is -1.91. The zero-order valence-electron chi connectivity index (χ0n) is 22.2. The largest absolute Gasteiger partial charge is 0.479 e. The highest BCUT2D eigenvalue weighted by molar-refractivity contribution is 7.94. The van der Waals surface area contributed by atoms with Crippen LogP contribution in [0.15, 0.2) is 23.8 Å². The first-order valence-corrected chi connectivity index (χ1v) is 15.2. The summed E-state index contributed by atoms with van der Waals surface area (Å²) in [6.07, 6.45) is 7.06. The van der Waals surface area contributed by atoms with Gasteiger partial charge in [0.25, 0.3) is 0 Å². The van der Waals surface area contributed by atoms with Crippen LogP contribution in [0.1, 0.15) is 132 Å². The van der Waals surface area contributed by atoms with Crippen molar-refractivity contribution in [2.75, 3.05) is 0 Å². The van der Waals surface area contributed by atoms with Crippen LogP contribution in [0.25, 0.3) is 0 Å². The van der Waals surface area contributed by atoms with Crippen molar-refractivity contribution < 1.29 is 26.9 Å². The SMILES string of the molecule is CCCC(CC)c1cc(C2CCCCC2)cc(C2CCCCC2)c1OC1C(F)=C(F)C(SO)C(F)C1F. The van der Waals surface area contributed by atoms with Crippen LogP contribution in [0.5, 0.6) is 5.75 Å². The molecule has 1 N–H and O–H groups in total. The van der Waals surface area contributed by atoms with Gasteiger partial charge in [-0.15, -0.1) is 0 Å². The number of halogens is 4. The van der Waals surface area contributed by atoms with E-state index in [1.165, 1.54) is 24.8 Å². The smallest absolute Gasteiger partial charge is 0.186 e. The number of rotatable bonds is 9. The van der Waals surface area contributed by atoms with Crippen molar-refractivity contribution in [3.05, 3.63) is 40.5 Å². The van der Waals surface area contributed by atoms with Crippen LogP contribution in [-0.4, -0.2) is 28.3 Å². The van der Waals surface area contributed by atoms with Gasteiger partial charge < -0.3 is 9.29 Å². The summed E-state index contributed by atoms with van der Waals surface area (Å²) >= 11 is -0.204. The molecule has 208 valence electrons. The molecule has 5 atom stereocenters. The Morgan fingerprint density at radius 3 is 2.08 bits per heavy atom. The van der Waals surface area contributed by atoms with Crippen molar-refractivity contribution in [2.45, 2.75) is 139 Å². The molecule has 2 saturated carbocycles. The highest BCUT2D eigenvalue weighted by Crippen LogP contribution is 2.48. The van der Waals surface area contributed by atoms with Crippen LogP contribution in [-0.2, 0) is 0 Å². The van der Waals surface area contributed by atoms with Gasteiger partial charge in [-0.25, -0.2) is 17.6 Å². The van der Waals surface area contributed by atoms with E-state index in [9.17, 15) is 13.3 Å². The van der Waals surface area contributed by atoms with Crippen LogP contribution < -0.4 is 4.74 Å². The van der Waals surface area contributed by atoms with E-state index in [1.54, 1.807) is 0 Å². The molecular formula is C30H42F4O2S. The monoisotopic (exact) mass is 542 g/mol. The molecule has 1 aromatic rings.